The van der Waals surface area contributed by atoms with Gasteiger partial charge in [0.2, 0.25) is 0 Å². The molecule has 14 heavy (non-hydrogen) atoms. The topological polar surface area (TPSA) is 87.7 Å². The Bertz CT molecular complexity index is 380. The van der Waals surface area contributed by atoms with Crippen molar-refractivity contribution in [3.8, 4) is 0 Å². The minimum Gasteiger partial charge on any atom is -0.481 e. The molecule has 1 aromatic rings. The first-order chi connectivity index (χ1) is 6.59. The van der Waals surface area contributed by atoms with E-state index >= 15 is 0 Å². The summed E-state index contributed by atoms with van der Waals surface area (Å²) in [5.74, 6) is -2.88. The molecule has 0 spiro atoms. The van der Waals surface area contributed by atoms with Gasteiger partial charge in [0.05, 0.1) is 12.2 Å². The van der Waals surface area contributed by atoms with Gasteiger partial charge in [-0.3, -0.25) is 9.59 Å². The number of rotatable bonds is 3. The highest BCUT2D eigenvalue weighted by Crippen LogP contribution is 2.54. The number of carboxylic acid groups (broad SMARTS) is 2. The summed E-state index contributed by atoms with van der Waals surface area (Å²) in [7, 11) is 0. The smallest absolute Gasteiger partial charge is 0.318 e. The predicted octanol–water partition coefficient (Wildman–Crippen LogP) is 0.707. The van der Waals surface area contributed by atoms with E-state index in [9.17, 15) is 9.59 Å². The van der Waals surface area contributed by atoms with Gasteiger partial charge < -0.3 is 14.6 Å². The molecule has 2 unspecified atom stereocenters. The van der Waals surface area contributed by atoms with Crippen molar-refractivity contribution < 1.29 is 24.2 Å². The maximum atomic E-state index is 11.0. The molecule has 0 saturated heterocycles. The van der Waals surface area contributed by atoms with Crippen LogP contribution in [0.5, 0.6) is 0 Å². The van der Waals surface area contributed by atoms with Crippen molar-refractivity contribution in [2.45, 2.75) is 11.8 Å². The number of carbonyl (C=O) groups is 2. The van der Waals surface area contributed by atoms with Crippen LogP contribution >= 0.6 is 0 Å². The van der Waals surface area contributed by atoms with Crippen LogP contribution in [-0.2, 0) is 15.0 Å². The minimum absolute atomic E-state index is 0.102. The summed E-state index contributed by atoms with van der Waals surface area (Å²) < 4.78 is 4.96. The molecule has 1 aliphatic rings. The molecule has 1 aromatic heterocycles. The molecule has 1 fully saturated rings. The summed E-state index contributed by atoms with van der Waals surface area (Å²) in [4.78, 5) is 21.6. The van der Waals surface area contributed by atoms with Crippen molar-refractivity contribution in [3.05, 3.63) is 24.2 Å². The predicted molar refractivity (Wildman–Crippen MR) is 43.8 cm³/mol. The van der Waals surface area contributed by atoms with Crippen LogP contribution in [0.1, 0.15) is 12.2 Å². The van der Waals surface area contributed by atoms with E-state index in [1.807, 2.05) is 0 Å². The fourth-order valence-corrected chi connectivity index (χ4v) is 1.71. The molecule has 5 nitrogen and oxygen atoms in total. The minimum atomic E-state index is -1.34. The molecule has 0 bridgehead atoms. The Kier molecular flexibility index (Phi) is 1.64. The van der Waals surface area contributed by atoms with E-state index in [4.69, 9.17) is 14.6 Å². The third kappa shape index (κ3) is 0.951. The van der Waals surface area contributed by atoms with Crippen LogP contribution in [0.3, 0.4) is 0 Å². The lowest BCUT2D eigenvalue weighted by Crippen LogP contribution is -2.24. The van der Waals surface area contributed by atoms with Gasteiger partial charge >= 0.3 is 11.9 Å². The third-order valence-electron chi connectivity index (χ3n) is 2.60. The van der Waals surface area contributed by atoms with E-state index in [0.29, 0.717) is 0 Å². The van der Waals surface area contributed by atoms with Gasteiger partial charge in [-0.25, -0.2) is 0 Å². The van der Waals surface area contributed by atoms with Gasteiger partial charge in [-0.15, -0.1) is 0 Å². The molecule has 0 aromatic carbocycles. The molecule has 2 atom stereocenters. The van der Waals surface area contributed by atoms with Crippen LogP contribution in [0.15, 0.2) is 22.8 Å². The third-order valence-corrected chi connectivity index (χ3v) is 2.60. The lowest BCUT2D eigenvalue weighted by Gasteiger charge is -2.06. The van der Waals surface area contributed by atoms with Gasteiger partial charge in [0.25, 0.3) is 0 Å². The average molecular weight is 196 g/mol. The van der Waals surface area contributed by atoms with Crippen molar-refractivity contribution in [1.82, 2.24) is 0 Å². The van der Waals surface area contributed by atoms with E-state index in [1.54, 1.807) is 6.07 Å². The molecular weight excluding hydrogens is 188 g/mol. The molecule has 0 aliphatic heterocycles. The largest absolute Gasteiger partial charge is 0.481 e. The Morgan fingerprint density at radius 3 is 2.57 bits per heavy atom. The van der Waals surface area contributed by atoms with Crippen molar-refractivity contribution in [2.75, 3.05) is 0 Å². The first kappa shape index (κ1) is 8.80. The zero-order valence-electron chi connectivity index (χ0n) is 7.14. The Hall–Kier alpha value is -1.78. The lowest BCUT2D eigenvalue weighted by molar-refractivity contribution is -0.146. The van der Waals surface area contributed by atoms with Crippen molar-refractivity contribution in [1.29, 1.82) is 0 Å². The summed E-state index contributed by atoms with van der Waals surface area (Å²) in [6.45, 7) is 0. The lowest BCUT2D eigenvalue weighted by atomic mass is 10.0. The Labute approximate surface area is 79.0 Å². The molecule has 74 valence electrons. The van der Waals surface area contributed by atoms with Crippen molar-refractivity contribution in [2.24, 2.45) is 5.92 Å². The highest BCUT2D eigenvalue weighted by Gasteiger charge is 2.67. The van der Waals surface area contributed by atoms with Gasteiger partial charge in [-0.2, -0.15) is 0 Å². The van der Waals surface area contributed by atoms with Crippen LogP contribution in [0, 0.1) is 5.92 Å². The molecule has 5 heteroatoms. The maximum Gasteiger partial charge on any atom is 0.318 e. The quantitative estimate of drug-likeness (QED) is 0.743. The fraction of sp³-hybridized carbons (Fsp3) is 0.333. The summed E-state index contributed by atoms with van der Waals surface area (Å²) in [5, 5.41) is 17.7. The SMILES string of the molecule is O=C(O)C1CC1(C(=O)O)c1ccco1. The number of hydrogen-bond donors (Lipinski definition) is 2. The molecular formula is C9H8O5. The van der Waals surface area contributed by atoms with E-state index < -0.39 is 23.3 Å². The van der Waals surface area contributed by atoms with Crippen molar-refractivity contribution >= 4 is 11.9 Å². The molecule has 0 amide bonds. The van der Waals surface area contributed by atoms with Crippen LogP contribution in [0.4, 0.5) is 0 Å². The van der Waals surface area contributed by atoms with Gasteiger partial charge in [-0.1, -0.05) is 0 Å². The molecule has 2 rings (SSSR count). The van der Waals surface area contributed by atoms with E-state index in [2.05, 4.69) is 0 Å². The Morgan fingerprint density at radius 1 is 1.50 bits per heavy atom. The van der Waals surface area contributed by atoms with Crippen LogP contribution < -0.4 is 0 Å². The maximum absolute atomic E-state index is 11.0. The van der Waals surface area contributed by atoms with Crippen LogP contribution in [-0.4, -0.2) is 22.2 Å². The molecule has 1 aliphatic carbocycles. The van der Waals surface area contributed by atoms with Gasteiger partial charge in [-0.05, 0) is 18.6 Å². The van der Waals surface area contributed by atoms with Crippen LogP contribution in [0.25, 0.3) is 0 Å². The summed E-state index contributed by atoms with van der Waals surface area (Å²) in [5.41, 5.74) is -1.34. The number of hydrogen-bond acceptors (Lipinski definition) is 3. The molecule has 2 N–H and O–H groups in total. The van der Waals surface area contributed by atoms with E-state index in [1.165, 1.54) is 12.3 Å². The first-order valence-electron chi connectivity index (χ1n) is 4.09. The van der Waals surface area contributed by atoms with Crippen molar-refractivity contribution in [3.63, 3.8) is 0 Å². The molecule has 1 heterocycles. The number of aliphatic carboxylic acids is 2. The number of carboxylic acids is 2. The first-order valence-corrected chi connectivity index (χ1v) is 4.09. The van der Waals surface area contributed by atoms with Gasteiger partial charge in [0.1, 0.15) is 11.2 Å². The zero-order chi connectivity index (χ0) is 10.3. The monoisotopic (exact) mass is 196 g/mol. The Morgan fingerprint density at radius 2 is 2.21 bits per heavy atom. The summed E-state index contributed by atoms with van der Waals surface area (Å²) in [6, 6.07) is 3.05. The Balaban J connectivity index is 2.37. The van der Waals surface area contributed by atoms with Gasteiger partial charge in [0, 0.05) is 0 Å². The highest BCUT2D eigenvalue weighted by molar-refractivity contribution is 5.94. The summed E-state index contributed by atoms with van der Waals surface area (Å²) >= 11 is 0. The van der Waals surface area contributed by atoms with Crippen LogP contribution in [0.2, 0.25) is 0 Å². The number of furan rings is 1. The second-order valence-corrected chi connectivity index (χ2v) is 3.35. The second-order valence-electron chi connectivity index (χ2n) is 3.35. The van der Waals surface area contributed by atoms with E-state index in [-0.39, 0.29) is 12.2 Å². The summed E-state index contributed by atoms with van der Waals surface area (Å²) in [6.07, 6.45) is 1.45. The van der Waals surface area contributed by atoms with Gasteiger partial charge in [0.15, 0.2) is 0 Å². The highest BCUT2D eigenvalue weighted by atomic mass is 16.4. The second kappa shape index (κ2) is 2.60. The zero-order valence-corrected chi connectivity index (χ0v) is 7.14. The molecule has 0 radical (unpaired) electrons. The molecule has 1 saturated carbocycles. The average Bonchev–Trinajstić information content (AvgIpc) is 2.66. The normalized spacial score (nSPS) is 29.9. The van der Waals surface area contributed by atoms with E-state index in [0.717, 1.165) is 0 Å². The fourth-order valence-electron chi connectivity index (χ4n) is 1.71. The standard InChI is InChI=1S/C9H8O5/c10-7(11)5-4-9(5,8(12)13)6-2-1-3-14-6/h1-3,5H,4H2,(H,10,11)(H,12,13).